The molecule has 1 aliphatic carbocycles. The SMILES string of the molecule is CSCCC1NC(=S)N(Cc2ccc3c(c2)CCC3)C1=O. The predicted octanol–water partition coefficient (Wildman–Crippen LogP) is 2.51. The van der Waals surface area contributed by atoms with Crippen molar-refractivity contribution >= 4 is 35.0 Å². The molecule has 112 valence electrons. The predicted molar refractivity (Wildman–Crippen MR) is 91.5 cm³/mol. The van der Waals surface area contributed by atoms with Crippen molar-refractivity contribution in [2.75, 3.05) is 12.0 Å². The second kappa shape index (κ2) is 6.36. The van der Waals surface area contributed by atoms with E-state index in [1.54, 1.807) is 16.7 Å². The van der Waals surface area contributed by atoms with Crippen LogP contribution in [-0.2, 0) is 24.2 Å². The first kappa shape index (κ1) is 14.9. The van der Waals surface area contributed by atoms with E-state index in [1.807, 2.05) is 0 Å². The van der Waals surface area contributed by atoms with E-state index in [0.717, 1.165) is 18.6 Å². The summed E-state index contributed by atoms with van der Waals surface area (Å²) in [5.74, 6) is 1.09. The minimum atomic E-state index is -0.139. The lowest BCUT2D eigenvalue weighted by Gasteiger charge is -2.15. The van der Waals surface area contributed by atoms with Crippen molar-refractivity contribution in [2.24, 2.45) is 0 Å². The molecular formula is C16H20N2OS2. The second-order valence-corrected chi connectivity index (χ2v) is 7.04. The number of hydrogen-bond acceptors (Lipinski definition) is 3. The normalized spacial score (nSPS) is 20.8. The highest BCUT2D eigenvalue weighted by Crippen LogP contribution is 2.24. The maximum atomic E-state index is 12.4. The number of thioether (sulfide) groups is 1. The van der Waals surface area contributed by atoms with Crippen LogP contribution in [0.25, 0.3) is 0 Å². The third-order valence-electron chi connectivity index (χ3n) is 4.22. The molecule has 0 saturated carbocycles. The molecule has 3 nitrogen and oxygen atoms in total. The number of rotatable bonds is 5. The van der Waals surface area contributed by atoms with Crippen molar-refractivity contribution in [3.8, 4) is 0 Å². The van der Waals surface area contributed by atoms with Gasteiger partial charge < -0.3 is 5.32 Å². The third kappa shape index (κ3) is 3.09. The van der Waals surface area contributed by atoms with Crippen LogP contribution in [0, 0.1) is 0 Å². The molecule has 1 unspecified atom stereocenters. The summed E-state index contributed by atoms with van der Waals surface area (Å²) in [5, 5.41) is 3.73. The zero-order chi connectivity index (χ0) is 14.8. The number of amides is 1. The summed E-state index contributed by atoms with van der Waals surface area (Å²) in [7, 11) is 0. The van der Waals surface area contributed by atoms with Gasteiger partial charge in [-0.25, -0.2) is 0 Å². The minimum absolute atomic E-state index is 0.120. The molecule has 3 rings (SSSR count). The van der Waals surface area contributed by atoms with E-state index in [9.17, 15) is 4.79 Å². The van der Waals surface area contributed by atoms with E-state index >= 15 is 0 Å². The molecular weight excluding hydrogens is 300 g/mol. The van der Waals surface area contributed by atoms with Crippen LogP contribution in [0.4, 0.5) is 0 Å². The van der Waals surface area contributed by atoms with Gasteiger partial charge in [0.1, 0.15) is 6.04 Å². The van der Waals surface area contributed by atoms with Crippen molar-refractivity contribution in [1.82, 2.24) is 10.2 Å². The van der Waals surface area contributed by atoms with Gasteiger partial charge >= 0.3 is 0 Å². The molecule has 0 radical (unpaired) electrons. The zero-order valence-electron chi connectivity index (χ0n) is 12.2. The fourth-order valence-electron chi connectivity index (χ4n) is 3.06. The number of hydrogen-bond donors (Lipinski definition) is 1. The summed E-state index contributed by atoms with van der Waals surface area (Å²) in [4.78, 5) is 14.1. The monoisotopic (exact) mass is 320 g/mol. The Morgan fingerprint density at radius 3 is 3.00 bits per heavy atom. The lowest BCUT2D eigenvalue weighted by molar-refractivity contribution is -0.127. The molecule has 1 heterocycles. The van der Waals surface area contributed by atoms with E-state index in [0.29, 0.717) is 11.7 Å². The summed E-state index contributed by atoms with van der Waals surface area (Å²) in [5.41, 5.74) is 4.08. The van der Waals surface area contributed by atoms with Crippen LogP contribution >= 0.6 is 24.0 Å². The molecule has 0 bridgehead atoms. The molecule has 1 aliphatic heterocycles. The van der Waals surface area contributed by atoms with Gasteiger partial charge in [-0.1, -0.05) is 18.2 Å². The minimum Gasteiger partial charge on any atom is -0.350 e. The van der Waals surface area contributed by atoms with Crippen LogP contribution < -0.4 is 5.32 Å². The molecule has 0 spiro atoms. The molecule has 1 N–H and O–H groups in total. The van der Waals surface area contributed by atoms with Gasteiger partial charge in [-0.15, -0.1) is 0 Å². The lowest BCUT2D eigenvalue weighted by Crippen LogP contribution is -2.31. The Balaban J connectivity index is 1.69. The first-order chi connectivity index (χ1) is 10.2. The van der Waals surface area contributed by atoms with Crippen molar-refractivity contribution in [3.63, 3.8) is 0 Å². The first-order valence-electron chi connectivity index (χ1n) is 7.40. The van der Waals surface area contributed by atoms with Gasteiger partial charge in [-0.2, -0.15) is 11.8 Å². The topological polar surface area (TPSA) is 32.3 Å². The Morgan fingerprint density at radius 1 is 1.38 bits per heavy atom. The van der Waals surface area contributed by atoms with Gasteiger partial charge in [0, 0.05) is 0 Å². The van der Waals surface area contributed by atoms with Gasteiger partial charge in [0.15, 0.2) is 5.11 Å². The number of thiocarbonyl (C=S) groups is 1. The average molecular weight is 320 g/mol. The number of carbonyl (C=O) groups excluding carboxylic acids is 1. The van der Waals surface area contributed by atoms with E-state index in [1.165, 1.54) is 29.5 Å². The molecule has 1 aromatic rings. The quantitative estimate of drug-likeness (QED) is 0.845. The third-order valence-corrected chi connectivity index (χ3v) is 5.20. The number of nitrogens with zero attached hydrogens (tertiary/aromatic N) is 1. The largest absolute Gasteiger partial charge is 0.350 e. The fraction of sp³-hybridized carbons (Fsp3) is 0.500. The molecule has 0 aromatic heterocycles. The van der Waals surface area contributed by atoms with Crippen molar-refractivity contribution in [1.29, 1.82) is 0 Å². The van der Waals surface area contributed by atoms with Crippen LogP contribution in [0.1, 0.15) is 29.5 Å². The highest BCUT2D eigenvalue weighted by molar-refractivity contribution is 7.98. The summed E-state index contributed by atoms with van der Waals surface area (Å²) < 4.78 is 0. The Bertz CT molecular complexity index is 573. The van der Waals surface area contributed by atoms with Crippen LogP contribution in [-0.4, -0.2) is 34.0 Å². The van der Waals surface area contributed by atoms with Gasteiger partial charge in [0.25, 0.3) is 5.91 Å². The number of benzene rings is 1. The summed E-state index contributed by atoms with van der Waals surface area (Å²) in [6.07, 6.45) is 6.49. The van der Waals surface area contributed by atoms with Crippen molar-refractivity contribution in [2.45, 2.75) is 38.3 Å². The van der Waals surface area contributed by atoms with Crippen LogP contribution in [0.5, 0.6) is 0 Å². The molecule has 1 amide bonds. The van der Waals surface area contributed by atoms with Gasteiger partial charge in [-0.3, -0.25) is 9.69 Å². The Labute approximate surface area is 135 Å². The van der Waals surface area contributed by atoms with Crippen LogP contribution in [0.2, 0.25) is 0 Å². The number of nitrogens with one attached hydrogen (secondary N) is 1. The van der Waals surface area contributed by atoms with E-state index in [2.05, 4.69) is 29.8 Å². The average Bonchev–Trinajstić information content (AvgIpc) is 3.04. The van der Waals surface area contributed by atoms with E-state index < -0.39 is 0 Å². The van der Waals surface area contributed by atoms with E-state index in [4.69, 9.17) is 12.2 Å². The van der Waals surface area contributed by atoms with Crippen LogP contribution in [0.3, 0.4) is 0 Å². The maximum Gasteiger partial charge on any atom is 0.251 e. The highest BCUT2D eigenvalue weighted by atomic mass is 32.2. The molecule has 1 saturated heterocycles. The number of fused-ring (bicyclic) bond motifs is 1. The standard InChI is InChI=1S/C16H20N2OS2/c1-21-8-7-14-15(19)18(16(20)17-14)10-11-5-6-12-3-2-4-13(12)9-11/h5-6,9,14H,2-4,7-8,10H2,1H3,(H,17,20). The highest BCUT2D eigenvalue weighted by Gasteiger charge is 2.34. The van der Waals surface area contributed by atoms with Gasteiger partial charge in [-0.05, 0) is 66.6 Å². The van der Waals surface area contributed by atoms with Gasteiger partial charge in [0.05, 0.1) is 6.54 Å². The van der Waals surface area contributed by atoms with Gasteiger partial charge in [0.2, 0.25) is 0 Å². The van der Waals surface area contributed by atoms with Crippen molar-refractivity contribution < 1.29 is 4.79 Å². The first-order valence-corrected chi connectivity index (χ1v) is 9.21. The molecule has 21 heavy (non-hydrogen) atoms. The summed E-state index contributed by atoms with van der Waals surface area (Å²) in [6, 6.07) is 6.45. The molecule has 1 atom stereocenters. The summed E-state index contributed by atoms with van der Waals surface area (Å²) in [6.45, 7) is 0.591. The zero-order valence-corrected chi connectivity index (χ0v) is 13.9. The van der Waals surface area contributed by atoms with Crippen LogP contribution in [0.15, 0.2) is 18.2 Å². The fourth-order valence-corrected chi connectivity index (χ4v) is 3.83. The Kier molecular flexibility index (Phi) is 4.50. The molecule has 5 heteroatoms. The Hall–Kier alpha value is -1.07. The molecule has 1 aromatic carbocycles. The molecule has 1 fully saturated rings. The summed E-state index contributed by atoms with van der Waals surface area (Å²) >= 11 is 7.09. The number of aryl methyl sites for hydroxylation is 2. The smallest absolute Gasteiger partial charge is 0.251 e. The maximum absolute atomic E-state index is 12.4. The number of carbonyl (C=O) groups is 1. The lowest BCUT2D eigenvalue weighted by atomic mass is 10.1. The molecule has 2 aliphatic rings. The second-order valence-electron chi connectivity index (χ2n) is 5.66. The van der Waals surface area contributed by atoms with Crippen molar-refractivity contribution in [3.05, 3.63) is 34.9 Å². The Morgan fingerprint density at radius 2 is 2.19 bits per heavy atom. The van der Waals surface area contributed by atoms with E-state index in [-0.39, 0.29) is 11.9 Å².